The highest BCUT2D eigenvalue weighted by Crippen LogP contribution is 2.47. The number of hydrogen-bond donors (Lipinski definition) is 0. The number of para-hydroxylation sites is 3. The quantitative estimate of drug-likeness (QED) is 0.0670. The third kappa shape index (κ3) is 17.6. The fourth-order valence-electron chi connectivity index (χ4n) is 17.4. The maximum absolute atomic E-state index is 2.37. The molecule has 0 aliphatic rings. The SMILES string of the molecule is c1ccc(-c2ccc(-c3ccc(N(c4ccccc4)c4ccc(-c5ccc(N(c6ccccc6)c6ccc(-c7ccccc7)cc6)cc5)c(-c5ccccc5)c4)cc3)cc2)cc1.c1ccc(-c2ccc(N(c3ccccc3)c3ccc(-c4ccc(N(c5ccc(-c6ccccc6)cc5)c5ccc(-c6ccc7ccccc7c6)cc5)cc4-c4ccccc4)cc3)cc2)cc1. The summed E-state index contributed by atoms with van der Waals surface area (Å²) in [4.78, 5) is 9.37. The van der Waals surface area contributed by atoms with E-state index in [9.17, 15) is 0 Å². The second kappa shape index (κ2) is 37.4. The summed E-state index contributed by atoms with van der Waals surface area (Å²) in [5, 5.41) is 2.49. The van der Waals surface area contributed by atoms with Gasteiger partial charge in [-0.3, -0.25) is 0 Å². The summed E-state index contributed by atoms with van der Waals surface area (Å²) in [6.45, 7) is 0. The minimum absolute atomic E-state index is 1.08. The summed E-state index contributed by atoms with van der Waals surface area (Å²) >= 11 is 0. The predicted molar refractivity (Wildman–Crippen MR) is 543 cm³/mol. The molecule has 0 aliphatic heterocycles. The van der Waals surface area contributed by atoms with Gasteiger partial charge in [0.2, 0.25) is 0 Å². The molecule has 21 aromatic carbocycles. The highest BCUT2D eigenvalue weighted by molar-refractivity contribution is 5.94. The molecule has 0 saturated carbocycles. The first kappa shape index (κ1) is 79.5. The summed E-state index contributed by atoms with van der Waals surface area (Å²) in [5.41, 5.74) is 36.8. The normalized spacial score (nSPS) is 11.0. The molecule has 0 aromatic heterocycles. The van der Waals surface area contributed by atoms with Crippen molar-refractivity contribution in [1.82, 2.24) is 0 Å². The van der Waals surface area contributed by atoms with Crippen molar-refractivity contribution in [3.8, 4) is 111 Å². The smallest absolute Gasteiger partial charge is 0.0468 e. The molecule has 0 N–H and O–H groups in total. The van der Waals surface area contributed by atoms with Crippen LogP contribution in [0.25, 0.3) is 122 Å². The third-order valence-electron chi connectivity index (χ3n) is 24.0. The van der Waals surface area contributed by atoms with Crippen LogP contribution in [0.15, 0.2) is 546 Å². The maximum Gasteiger partial charge on any atom is 0.0468 e. The number of benzene rings is 21. The van der Waals surface area contributed by atoms with Crippen molar-refractivity contribution in [1.29, 1.82) is 0 Å². The first-order valence-electron chi connectivity index (χ1n) is 43.7. The molecule has 0 unspecified atom stereocenters. The van der Waals surface area contributed by atoms with Crippen molar-refractivity contribution in [3.63, 3.8) is 0 Å². The molecule has 4 nitrogen and oxygen atoms in total. The summed E-state index contributed by atoms with van der Waals surface area (Å²) in [6, 6.07) is 196. The van der Waals surface area contributed by atoms with E-state index in [-0.39, 0.29) is 0 Å². The van der Waals surface area contributed by atoms with E-state index < -0.39 is 0 Å². The molecule has 0 saturated heterocycles. The molecule has 0 spiro atoms. The van der Waals surface area contributed by atoms with E-state index in [0.29, 0.717) is 0 Å². The summed E-state index contributed by atoms with van der Waals surface area (Å²) in [6.07, 6.45) is 0. The van der Waals surface area contributed by atoms with Gasteiger partial charge in [-0.05, 0) is 274 Å². The van der Waals surface area contributed by atoms with E-state index in [4.69, 9.17) is 0 Å². The Morgan fingerprint density at radius 1 is 0.0859 bits per heavy atom. The highest BCUT2D eigenvalue weighted by Gasteiger charge is 2.23. The molecular formula is C124H90N4. The standard InChI is InChI=1S/C64H46N2.C60H44N2/c1-5-15-47(16-6-1)50-27-35-58(36-28-50)65(57-23-11-4-12-24-57)59-41-33-54(34-42-59)63-44-43-62(46-64(63)53-20-9-3-10-21-53)66(60-37-29-51(30-38-60)48-17-7-2-8-18-48)61-39-31-52(32-40-61)56-26-25-49-19-13-14-22-55(49)45-56;1-6-16-45(17-7-1)47-26-28-48(29-27-47)50-32-38-57(39-33-50)62(54-24-14-5-15-25-54)58-42-43-59(60(44-58)51-20-10-3-11-21-51)52-34-40-56(41-35-52)61(53-22-12-4-13-23-53)55-36-30-49(31-37-55)46-18-8-2-9-19-46/h1-46H;1-44H. The molecule has 0 amide bonds. The van der Waals surface area contributed by atoms with Gasteiger partial charge in [-0.1, -0.05) is 394 Å². The molecule has 0 heterocycles. The van der Waals surface area contributed by atoms with Gasteiger partial charge in [-0.15, -0.1) is 0 Å². The highest BCUT2D eigenvalue weighted by atomic mass is 15.2. The first-order valence-corrected chi connectivity index (χ1v) is 43.7. The molecule has 0 fully saturated rings. The van der Waals surface area contributed by atoms with E-state index in [1.807, 2.05) is 0 Å². The average molecular weight is 1640 g/mol. The fraction of sp³-hybridized carbons (Fsp3) is 0. The van der Waals surface area contributed by atoms with Gasteiger partial charge in [0.15, 0.2) is 0 Å². The number of fused-ring (bicyclic) bond motifs is 1. The van der Waals surface area contributed by atoms with Crippen molar-refractivity contribution in [2.45, 2.75) is 0 Å². The Balaban J connectivity index is 0.000000161. The van der Waals surface area contributed by atoms with E-state index in [0.717, 1.165) is 90.5 Å². The van der Waals surface area contributed by atoms with Crippen LogP contribution < -0.4 is 19.6 Å². The first-order chi connectivity index (χ1) is 63.5. The molecule has 0 bridgehead atoms. The van der Waals surface area contributed by atoms with Gasteiger partial charge in [0.1, 0.15) is 0 Å². The average Bonchev–Trinajstić information content (AvgIpc) is 0.770. The van der Waals surface area contributed by atoms with Gasteiger partial charge in [-0.2, -0.15) is 0 Å². The zero-order valence-electron chi connectivity index (χ0n) is 70.8. The summed E-state index contributed by atoms with van der Waals surface area (Å²) < 4.78 is 0. The zero-order valence-corrected chi connectivity index (χ0v) is 70.8. The van der Waals surface area contributed by atoms with Gasteiger partial charge < -0.3 is 19.6 Å². The van der Waals surface area contributed by atoms with Crippen molar-refractivity contribution in [2.24, 2.45) is 0 Å². The van der Waals surface area contributed by atoms with Crippen LogP contribution in [0.1, 0.15) is 0 Å². The van der Waals surface area contributed by atoms with Crippen molar-refractivity contribution < 1.29 is 0 Å². The Morgan fingerprint density at radius 2 is 0.250 bits per heavy atom. The Hall–Kier alpha value is -16.9. The number of nitrogens with zero attached hydrogens (tertiary/aromatic N) is 4. The van der Waals surface area contributed by atoms with Crippen molar-refractivity contribution in [3.05, 3.63) is 546 Å². The maximum atomic E-state index is 2.37. The predicted octanol–water partition coefficient (Wildman–Crippen LogP) is 35.1. The summed E-state index contributed by atoms with van der Waals surface area (Å²) in [5.74, 6) is 0. The van der Waals surface area contributed by atoms with Crippen LogP contribution in [0, 0.1) is 0 Å². The lowest BCUT2D eigenvalue weighted by Crippen LogP contribution is -2.10. The largest absolute Gasteiger partial charge is 0.311 e. The Kier molecular flexibility index (Phi) is 23.3. The Bertz CT molecular complexity index is 7220. The topological polar surface area (TPSA) is 13.0 Å². The third-order valence-corrected chi connectivity index (χ3v) is 24.0. The van der Waals surface area contributed by atoms with Crippen LogP contribution in [-0.4, -0.2) is 0 Å². The van der Waals surface area contributed by atoms with Crippen LogP contribution >= 0.6 is 0 Å². The van der Waals surface area contributed by atoms with Crippen LogP contribution in [-0.2, 0) is 0 Å². The van der Waals surface area contributed by atoms with Crippen LogP contribution in [0.3, 0.4) is 0 Å². The molecule has 0 aliphatic carbocycles. The minimum atomic E-state index is 1.08. The van der Waals surface area contributed by atoms with Crippen LogP contribution in [0.2, 0.25) is 0 Å². The fourth-order valence-corrected chi connectivity index (χ4v) is 17.4. The van der Waals surface area contributed by atoms with E-state index in [1.165, 1.54) is 99.8 Å². The van der Waals surface area contributed by atoms with Gasteiger partial charge in [0, 0.05) is 68.2 Å². The molecule has 606 valence electrons. The van der Waals surface area contributed by atoms with Gasteiger partial charge in [0.05, 0.1) is 0 Å². The number of hydrogen-bond acceptors (Lipinski definition) is 4. The van der Waals surface area contributed by atoms with Crippen molar-refractivity contribution in [2.75, 3.05) is 19.6 Å². The molecule has 0 atom stereocenters. The van der Waals surface area contributed by atoms with Gasteiger partial charge >= 0.3 is 0 Å². The molecule has 4 heteroatoms. The zero-order chi connectivity index (χ0) is 85.6. The minimum Gasteiger partial charge on any atom is -0.311 e. The Labute approximate surface area is 750 Å². The second-order valence-electron chi connectivity index (χ2n) is 32.0. The lowest BCUT2D eigenvalue weighted by molar-refractivity contribution is 1.28. The molecule has 21 rings (SSSR count). The van der Waals surface area contributed by atoms with Crippen LogP contribution in [0.5, 0.6) is 0 Å². The Morgan fingerprint density at radius 3 is 0.516 bits per heavy atom. The summed E-state index contributed by atoms with van der Waals surface area (Å²) in [7, 11) is 0. The van der Waals surface area contributed by atoms with Gasteiger partial charge in [0.25, 0.3) is 0 Å². The molecular weight excluding hydrogens is 1550 g/mol. The molecule has 0 radical (unpaired) electrons. The van der Waals surface area contributed by atoms with Crippen molar-refractivity contribution >= 4 is 79.0 Å². The lowest BCUT2D eigenvalue weighted by Gasteiger charge is -2.27. The van der Waals surface area contributed by atoms with E-state index in [2.05, 4.69) is 566 Å². The van der Waals surface area contributed by atoms with Crippen LogP contribution in [0.4, 0.5) is 68.2 Å². The second-order valence-corrected chi connectivity index (χ2v) is 32.0. The monoisotopic (exact) mass is 1630 g/mol. The van der Waals surface area contributed by atoms with E-state index >= 15 is 0 Å². The number of rotatable bonds is 22. The number of anilines is 12. The lowest BCUT2D eigenvalue weighted by atomic mass is 9.93. The van der Waals surface area contributed by atoms with Gasteiger partial charge in [-0.25, -0.2) is 0 Å². The van der Waals surface area contributed by atoms with E-state index in [1.54, 1.807) is 0 Å². The molecule has 128 heavy (non-hydrogen) atoms. The molecule has 21 aromatic rings.